The number of esters is 1. The molecule has 3 aromatic rings. The van der Waals surface area contributed by atoms with Crippen LogP contribution in [-0.4, -0.2) is 18.7 Å². The van der Waals surface area contributed by atoms with E-state index < -0.39 is 63.7 Å². The maximum Gasteiger partial charge on any atom is 0.341 e. The minimum atomic E-state index is -1.48. The third kappa shape index (κ3) is 6.91. The van der Waals surface area contributed by atoms with Gasteiger partial charge in [-0.3, -0.25) is 0 Å². The average Bonchev–Trinajstić information content (AvgIpc) is 3.92. The summed E-state index contributed by atoms with van der Waals surface area (Å²) in [4.78, 5) is 12.9. The van der Waals surface area contributed by atoms with Crippen LogP contribution in [0.25, 0.3) is 16.7 Å². The molecule has 2 unspecified atom stereocenters. The predicted octanol–water partition coefficient (Wildman–Crippen LogP) is 10.4. The highest BCUT2D eigenvalue weighted by atomic mass is 19.2. The molecule has 3 aliphatic rings. The molecule has 1 heterocycles. The second kappa shape index (κ2) is 14.1. The third-order valence-electron chi connectivity index (χ3n) is 9.82. The van der Waals surface area contributed by atoms with Gasteiger partial charge in [-0.2, -0.15) is 0 Å². The molecule has 0 radical (unpaired) electrons. The summed E-state index contributed by atoms with van der Waals surface area (Å²) in [5.41, 5.74) is -0.0518. The molecule has 1 saturated carbocycles. The van der Waals surface area contributed by atoms with Crippen LogP contribution in [0.15, 0.2) is 54.6 Å². The van der Waals surface area contributed by atoms with Gasteiger partial charge < -0.3 is 9.47 Å². The Morgan fingerprint density at radius 2 is 1.45 bits per heavy atom. The van der Waals surface area contributed by atoms with E-state index in [1.165, 1.54) is 12.1 Å². The number of benzene rings is 3. The van der Waals surface area contributed by atoms with Crippen molar-refractivity contribution in [3.8, 4) is 11.1 Å². The normalized spacial score (nSPS) is 22.7. The zero-order chi connectivity index (χ0) is 33.2. The maximum atomic E-state index is 15.1. The van der Waals surface area contributed by atoms with E-state index in [4.69, 9.17) is 9.47 Å². The molecule has 2 aliphatic carbocycles. The van der Waals surface area contributed by atoms with Crippen molar-refractivity contribution in [2.45, 2.75) is 76.9 Å². The lowest BCUT2D eigenvalue weighted by Gasteiger charge is -2.35. The molecule has 248 valence electrons. The summed E-state index contributed by atoms with van der Waals surface area (Å²) >= 11 is 0. The molecule has 9 heteroatoms. The number of hydrogen-bond donors (Lipinski definition) is 0. The molecular formula is C38H36F6O3. The summed E-state index contributed by atoms with van der Waals surface area (Å²) in [5, 5.41) is 0. The van der Waals surface area contributed by atoms with E-state index in [9.17, 15) is 22.4 Å². The second-order valence-electron chi connectivity index (χ2n) is 12.7. The molecule has 3 aromatic carbocycles. The van der Waals surface area contributed by atoms with E-state index in [1.807, 2.05) is 19.1 Å². The zero-order valence-corrected chi connectivity index (χ0v) is 26.1. The van der Waals surface area contributed by atoms with Gasteiger partial charge in [0.2, 0.25) is 0 Å². The van der Waals surface area contributed by atoms with Crippen molar-refractivity contribution in [2.75, 3.05) is 6.61 Å². The molecule has 0 bridgehead atoms. The quantitative estimate of drug-likeness (QED) is 0.0998. The Kier molecular flexibility index (Phi) is 9.92. The predicted molar refractivity (Wildman–Crippen MR) is 166 cm³/mol. The van der Waals surface area contributed by atoms with E-state index in [-0.39, 0.29) is 23.7 Å². The molecule has 0 aromatic heterocycles. The lowest BCUT2D eigenvalue weighted by Crippen LogP contribution is -2.28. The van der Waals surface area contributed by atoms with Gasteiger partial charge in [-0.25, -0.2) is 31.1 Å². The first-order chi connectivity index (χ1) is 22.7. The standard InChI is InChI=1S/C38H36F6O3/c1-2-3-4-5-24-12-15-27(34(41)32(24)39)28-17-19-30(37(44)35(28)42)38(45)47-25-13-10-22(11-14-25)21-6-8-23(9-7-21)26-16-18-29(31-20-46-31)36(43)33(26)40/h2-3,8,12,15-19,21-22,25,31H,4-7,9-11,13-14,20H2,1H3/b3-2+. The summed E-state index contributed by atoms with van der Waals surface area (Å²) in [6.45, 7) is 2.22. The van der Waals surface area contributed by atoms with Crippen molar-refractivity contribution in [3.05, 3.63) is 112 Å². The van der Waals surface area contributed by atoms with Crippen LogP contribution in [0.2, 0.25) is 0 Å². The number of rotatable bonds is 9. The number of carbonyl (C=O) groups excluding carboxylic acids is 1. The lowest BCUT2D eigenvalue weighted by atomic mass is 9.72. The minimum absolute atomic E-state index is 0.127. The van der Waals surface area contributed by atoms with Crippen molar-refractivity contribution in [1.82, 2.24) is 0 Å². The van der Waals surface area contributed by atoms with Crippen molar-refractivity contribution in [3.63, 3.8) is 0 Å². The first kappa shape index (κ1) is 33.1. The summed E-state index contributed by atoms with van der Waals surface area (Å²) < 4.78 is 99.7. The molecule has 3 nitrogen and oxygen atoms in total. The molecular weight excluding hydrogens is 618 g/mol. The summed E-state index contributed by atoms with van der Waals surface area (Å²) in [6.07, 6.45) is 10.4. The maximum absolute atomic E-state index is 15.1. The smallest absolute Gasteiger partial charge is 0.341 e. The number of ether oxygens (including phenoxy) is 2. The Bertz CT molecular complexity index is 1720. The third-order valence-corrected chi connectivity index (χ3v) is 9.82. The number of hydrogen-bond acceptors (Lipinski definition) is 3. The number of aryl methyl sites for hydroxylation is 1. The first-order valence-corrected chi connectivity index (χ1v) is 16.2. The molecule has 2 atom stereocenters. The lowest BCUT2D eigenvalue weighted by molar-refractivity contribution is 0.0123. The molecule has 0 amide bonds. The van der Waals surface area contributed by atoms with E-state index in [0.717, 1.165) is 43.4 Å². The summed E-state index contributed by atoms with van der Waals surface area (Å²) in [6, 6.07) is 7.88. The number of halogens is 6. The molecule has 0 N–H and O–H groups in total. The Morgan fingerprint density at radius 3 is 2.11 bits per heavy atom. The van der Waals surface area contributed by atoms with Gasteiger partial charge in [-0.05, 0) is 93.7 Å². The number of allylic oxidation sites excluding steroid dienone is 4. The van der Waals surface area contributed by atoms with Crippen molar-refractivity contribution < 1.29 is 40.6 Å². The minimum Gasteiger partial charge on any atom is -0.459 e. The van der Waals surface area contributed by atoms with Crippen LogP contribution >= 0.6 is 0 Å². The zero-order valence-electron chi connectivity index (χ0n) is 26.1. The Labute approximate surface area is 270 Å². The van der Waals surface area contributed by atoms with E-state index >= 15 is 8.78 Å². The first-order valence-electron chi connectivity index (χ1n) is 16.2. The van der Waals surface area contributed by atoms with Crippen molar-refractivity contribution in [1.29, 1.82) is 0 Å². The Morgan fingerprint density at radius 1 is 0.787 bits per heavy atom. The average molecular weight is 655 g/mol. The fourth-order valence-corrected chi connectivity index (χ4v) is 7.02. The highest BCUT2D eigenvalue weighted by molar-refractivity contribution is 5.90. The van der Waals surface area contributed by atoms with Crippen LogP contribution in [-0.2, 0) is 15.9 Å². The van der Waals surface area contributed by atoms with Gasteiger partial charge >= 0.3 is 5.97 Å². The molecule has 1 aliphatic heterocycles. The van der Waals surface area contributed by atoms with Crippen LogP contribution in [0, 0.1) is 46.7 Å². The van der Waals surface area contributed by atoms with Gasteiger partial charge in [0.05, 0.1) is 12.2 Å². The van der Waals surface area contributed by atoms with Gasteiger partial charge in [-0.1, -0.05) is 48.6 Å². The molecule has 2 fully saturated rings. The fraction of sp³-hybridized carbons (Fsp3) is 0.395. The molecule has 47 heavy (non-hydrogen) atoms. The number of epoxide rings is 1. The van der Waals surface area contributed by atoms with Gasteiger partial charge in [0.1, 0.15) is 12.2 Å². The van der Waals surface area contributed by atoms with Crippen LogP contribution < -0.4 is 0 Å². The molecule has 0 spiro atoms. The van der Waals surface area contributed by atoms with Crippen LogP contribution in [0.4, 0.5) is 26.3 Å². The summed E-state index contributed by atoms with van der Waals surface area (Å²) in [5.74, 6) is -7.30. The van der Waals surface area contributed by atoms with E-state index in [0.29, 0.717) is 49.7 Å². The van der Waals surface area contributed by atoms with E-state index in [1.54, 1.807) is 18.2 Å². The Hall–Kier alpha value is -3.85. The van der Waals surface area contributed by atoms with Gasteiger partial charge in [0.25, 0.3) is 0 Å². The highest BCUT2D eigenvalue weighted by Crippen LogP contribution is 2.42. The van der Waals surface area contributed by atoms with Gasteiger partial charge in [0.15, 0.2) is 34.9 Å². The molecule has 1 saturated heterocycles. The molecule has 6 rings (SSSR count). The fourth-order valence-electron chi connectivity index (χ4n) is 7.02. The largest absolute Gasteiger partial charge is 0.459 e. The second-order valence-corrected chi connectivity index (χ2v) is 12.7. The monoisotopic (exact) mass is 654 g/mol. The topological polar surface area (TPSA) is 38.8 Å². The van der Waals surface area contributed by atoms with Crippen LogP contribution in [0.5, 0.6) is 0 Å². The van der Waals surface area contributed by atoms with Crippen molar-refractivity contribution in [2.24, 2.45) is 11.8 Å². The SMILES string of the molecule is C/C=C/CCc1ccc(-c2ccc(C(=O)OC3CCC(C4CC=C(c5ccc(C6CO6)c(F)c5F)CC4)CC3)c(F)c2F)c(F)c1F. The van der Waals surface area contributed by atoms with Crippen LogP contribution in [0.1, 0.15) is 91.4 Å². The van der Waals surface area contributed by atoms with Gasteiger partial charge in [0, 0.05) is 22.3 Å². The summed E-state index contributed by atoms with van der Waals surface area (Å²) in [7, 11) is 0. The van der Waals surface area contributed by atoms with E-state index in [2.05, 4.69) is 0 Å². The highest BCUT2D eigenvalue weighted by Gasteiger charge is 2.33. The van der Waals surface area contributed by atoms with Gasteiger partial charge in [-0.15, -0.1) is 0 Å². The van der Waals surface area contributed by atoms with Crippen LogP contribution in [0.3, 0.4) is 0 Å². The Balaban J connectivity index is 1.04. The van der Waals surface area contributed by atoms with Crippen molar-refractivity contribution >= 4 is 11.5 Å². The number of carbonyl (C=O) groups is 1.